The average molecular weight is 297 g/mol. The largest absolute Gasteiger partial charge is 0.481 e. The van der Waals surface area contributed by atoms with Crippen LogP contribution in [0.2, 0.25) is 0 Å². The topological polar surface area (TPSA) is 91.3 Å². The van der Waals surface area contributed by atoms with Crippen molar-refractivity contribution < 1.29 is 14.7 Å². The normalized spacial score (nSPS) is 17.6. The minimum atomic E-state index is -0.819. The van der Waals surface area contributed by atoms with Crippen LogP contribution in [0.25, 0.3) is 0 Å². The first kappa shape index (κ1) is 14.8. The van der Waals surface area contributed by atoms with E-state index in [0.717, 1.165) is 17.7 Å². The molecule has 1 aromatic heterocycles. The summed E-state index contributed by atoms with van der Waals surface area (Å²) in [7, 11) is 0. The van der Waals surface area contributed by atoms with Crippen LogP contribution in [0.5, 0.6) is 0 Å². The first-order valence-corrected chi connectivity index (χ1v) is 7.54. The molecule has 1 heterocycles. The number of nitrogens with one attached hydrogen (secondary N) is 2. The van der Waals surface area contributed by atoms with E-state index in [1.165, 1.54) is 11.3 Å². The number of anilines is 1. The number of aromatic nitrogens is 1. The van der Waals surface area contributed by atoms with E-state index in [9.17, 15) is 14.7 Å². The van der Waals surface area contributed by atoms with Crippen LogP contribution in [0.15, 0.2) is 0 Å². The Morgan fingerprint density at radius 2 is 2.25 bits per heavy atom. The molecule has 1 amide bonds. The summed E-state index contributed by atoms with van der Waals surface area (Å²) >= 11 is 1.45. The van der Waals surface area contributed by atoms with Crippen molar-refractivity contribution in [3.63, 3.8) is 0 Å². The van der Waals surface area contributed by atoms with Crippen LogP contribution in [0.4, 0.5) is 5.13 Å². The number of carbonyl (C=O) groups is 2. The summed E-state index contributed by atoms with van der Waals surface area (Å²) in [6.45, 7) is 3.96. The number of carbonyl (C=O) groups excluding carboxylic acids is 1. The number of hydrogen-bond acceptors (Lipinski definition) is 5. The molecule has 0 radical (unpaired) electrons. The number of nitrogens with zero attached hydrogens (tertiary/aromatic N) is 1. The fourth-order valence-corrected chi connectivity index (χ4v) is 3.32. The van der Waals surface area contributed by atoms with Crippen LogP contribution >= 0.6 is 11.3 Å². The van der Waals surface area contributed by atoms with Crippen LogP contribution in [0.3, 0.4) is 0 Å². The summed E-state index contributed by atoms with van der Waals surface area (Å²) in [4.78, 5) is 28.1. The predicted octanol–water partition coefficient (Wildman–Crippen LogP) is 1.58. The average Bonchev–Trinajstić information content (AvgIpc) is 2.77. The zero-order chi connectivity index (χ0) is 14.7. The number of carboxylic acids is 1. The number of amides is 1. The summed E-state index contributed by atoms with van der Waals surface area (Å²) in [6.07, 6.45) is 2.38. The van der Waals surface area contributed by atoms with Gasteiger partial charge in [-0.05, 0) is 33.1 Å². The molecule has 0 saturated carbocycles. The Bertz CT molecular complexity index is 513. The van der Waals surface area contributed by atoms with Gasteiger partial charge < -0.3 is 15.7 Å². The van der Waals surface area contributed by atoms with Gasteiger partial charge in [0.05, 0.1) is 12.2 Å². The molecule has 0 bridgehead atoms. The van der Waals surface area contributed by atoms with Gasteiger partial charge in [-0.2, -0.15) is 0 Å². The molecule has 7 heteroatoms. The molecule has 6 nitrogen and oxygen atoms in total. The van der Waals surface area contributed by atoms with E-state index in [1.54, 1.807) is 0 Å². The number of fused-ring (bicyclic) bond motifs is 1. The lowest BCUT2D eigenvalue weighted by Crippen LogP contribution is -2.34. The molecule has 0 spiro atoms. The van der Waals surface area contributed by atoms with Crippen molar-refractivity contribution in [3.05, 3.63) is 10.6 Å². The Labute approximate surface area is 121 Å². The number of carboxylic acid groups (broad SMARTS) is 1. The van der Waals surface area contributed by atoms with E-state index >= 15 is 0 Å². The smallest absolute Gasteiger partial charge is 0.312 e. The third-order valence-corrected chi connectivity index (χ3v) is 4.19. The van der Waals surface area contributed by atoms with E-state index in [0.29, 0.717) is 17.2 Å². The molecule has 1 aliphatic carbocycles. The van der Waals surface area contributed by atoms with Gasteiger partial charge >= 0.3 is 5.97 Å². The van der Waals surface area contributed by atoms with Crippen LogP contribution in [-0.4, -0.2) is 34.6 Å². The maximum atomic E-state index is 11.6. The molecule has 1 unspecified atom stereocenters. The van der Waals surface area contributed by atoms with Gasteiger partial charge in [-0.15, -0.1) is 11.3 Å². The second-order valence-electron chi connectivity index (χ2n) is 5.19. The highest BCUT2D eigenvalue weighted by Gasteiger charge is 2.29. The second kappa shape index (κ2) is 6.21. The highest BCUT2D eigenvalue weighted by molar-refractivity contribution is 7.15. The van der Waals surface area contributed by atoms with E-state index in [-0.39, 0.29) is 18.5 Å². The standard InChI is InChI=1S/C13H19N3O3S/c1-7(2)15-10(17)6-14-13-16-11-8(12(18)19)4-3-5-9(11)20-13/h7-8H,3-6H2,1-2H3,(H,14,16)(H,15,17)(H,18,19). The van der Waals surface area contributed by atoms with Gasteiger partial charge in [0.15, 0.2) is 5.13 Å². The molecule has 3 N–H and O–H groups in total. The maximum Gasteiger partial charge on any atom is 0.312 e. The third kappa shape index (κ3) is 3.47. The van der Waals surface area contributed by atoms with Gasteiger partial charge in [0, 0.05) is 10.9 Å². The van der Waals surface area contributed by atoms with Crippen LogP contribution in [0.1, 0.15) is 43.2 Å². The Kier molecular flexibility index (Phi) is 4.59. The zero-order valence-corrected chi connectivity index (χ0v) is 12.4. The van der Waals surface area contributed by atoms with Crippen LogP contribution in [-0.2, 0) is 16.0 Å². The van der Waals surface area contributed by atoms with Crippen molar-refractivity contribution in [1.29, 1.82) is 0 Å². The van der Waals surface area contributed by atoms with E-state index < -0.39 is 11.9 Å². The summed E-state index contributed by atoms with van der Waals surface area (Å²) in [5.74, 6) is -1.42. The minimum absolute atomic E-state index is 0.0945. The van der Waals surface area contributed by atoms with Crippen molar-refractivity contribution >= 4 is 28.3 Å². The third-order valence-electron chi connectivity index (χ3n) is 3.10. The second-order valence-corrected chi connectivity index (χ2v) is 6.27. The zero-order valence-electron chi connectivity index (χ0n) is 11.6. The Balaban J connectivity index is 2.01. The fraction of sp³-hybridized carbons (Fsp3) is 0.615. The Morgan fingerprint density at radius 3 is 2.90 bits per heavy atom. The molecule has 110 valence electrons. The van der Waals surface area contributed by atoms with Gasteiger partial charge in [0.1, 0.15) is 5.92 Å². The molecule has 1 aromatic rings. The molecule has 1 aliphatic rings. The summed E-state index contributed by atoms with van der Waals surface area (Å²) in [5.41, 5.74) is 0.667. The van der Waals surface area contributed by atoms with Crippen molar-refractivity contribution in [1.82, 2.24) is 10.3 Å². The minimum Gasteiger partial charge on any atom is -0.481 e. The van der Waals surface area contributed by atoms with Crippen LogP contribution in [0, 0.1) is 0 Å². The molecular formula is C13H19N3O3S. The van der Waals surface area contributed by atoms with E-state index in [4.69, 9.17) is 0 Å². The molecule has 0 fully saturated rings. The molecule has 20 heavy (non-hydrogen) atoms. The highest BCUT2D eigenvalue weighted by atomic mass is 32.1. The van der Waals surface area contributed by atoms with Gasteiger partial charge in [-0.1, -0.05) is 0 Å². The first-order chi connectivity index (χ1) is 9.47. The molecule has 1 atom stereocenters. The predicted molar refractivity (Wildman–Crippen MR) is 77.2 cm³/mol. The van der Waals surface area contributed by atoms with E-state index in [2.05, 4.69) is 15.6 Å². The molecule has 0 aliphatic heterocycles. The Morgan fingerprint density at radius 1 is 1.50 bits per heavy atom. The first-order valence-electron chi connectivity index (χ1n) is 6.73. The van der Waals surface area contributed by atoms with Gasteiger partial charge in [-0.3, -0.25) is 9.59 Å². The summed E-state index contributed by atoms with van der Waals surface area (Å²) in [6, 6.07) is 0.102. The Hall–Kier alpha value is -1.63. The van der Waals surface area contributed by atoms with Gasteiger partial charge in [0.2, 0.25) is 5.91 Å². The van der Waals surface area contributed by atoms with Crippen molar-refractivity contribution in [2.24, 2.45) is 0 Å². The molecular weight excluding hydrogens is 278 g/mol. The monoisotopic (exact) mass is 297 g/mol. The maximum absolute atomic E-state index is 11.6. The number of rotatable bonds is 5. The number of thiazole rings is 1. The SMILES string of the molecule is CC(C)NC(=O)CNc1nc2c(s1)CCCC2C(=O)O. The van der Waals surface area contributed by atoms with E-state index in [1.807, 2.05) is 13.8 Å². The van der Waals surface area contributed by atoms with Crippen molar-refractivity contribution in [2.75, 3.05) is 11.9 Å². The molecule has 0 saturated heterocycles. The number of aliphatic carboxylic acids is 1. The van der Waals surface area contributed by atoms with Crippen molar-refractivity contribution in [3.8, 4) is 0 Å². The number of hydrogen-bond donors (Lipinski definition) is 3. The van der Waals surface area contributed by atoms with Crippen molar-refractivity contribution in [2.45, 2.75) is 45.1 Å². The molecule has 0 aromatic carbocycles. The fourth-order valence-electron chi connectivity index (χ4n) is 2.26. The van der Waals surface area contributed by atoms with Gasteiger partial charge in [-0.25, -0.2) is 4.98 Å². The lowest BCUT2D eigenvalue weighted by Gasteiger charge is -2.16. The lowest BCUT2D eigenvalue weighted by atomic mass is 9.91. The van der Waals surface area contributed by atoms with Crippen LogP contribution < -0.4 is 10.6 Å². The van der Waals surface area contributed by atoms with Gasteiger partial charge in [0.25, 0.3) is 0 Å². The number of aryl methyl sites for hydroxylation is 1. The highest BCUT2D eigenvalue weighted by Crippen LogP contribution is 2.36. The lowest BCUT2D eigenvalue weighted by molar-refractivity contribution is -0.139. The summed E-state index contributed by atoms with van der Waals surface area (Å²) in [5, 5.41) is 15.6. The summed E-state index contributed by atoms with van der Waals surface area (Å²) < 4.78 is 0. The molecule has 2 rings (SSSR count). The quantitative estimate of drug-likeness (QED) is 0.767.